The molecule has 0 spiro atoms. The van der Waals surface area contributed by atoms with Crippen LogP contribution in [0.1, 0.15) is 25.8 Å². The topological polar surface area (TPSA) is 18.5 Å². The maximum Gasteiger partial charge on any atom is 0.139 e. The van der Waals surface area contributed by atoms with Crippen molar-refractivity contribution in [3.05, 3.63) is 35.9 Å². The van der Waals surface area contributed by atoms with E-state index in [1.807, 2.05) is 18.2 Å². The van der Waals surface area contributed by atoms with E-state index in [0.717, 1.165) is 6.42 Å². The Labute approximate surface area is 111 Å². The molecule has 2 nitrogen and oxygen atoms in total. The van der Waals surface area contributed by atoms with Crippen LogP contribution in [0, 0.1) is 5.92 Å². The minimum Gasteiger partial charge on any atom is -0.370 e. The second kappa shape index (κ2) is 5.98. The van der Waals surface area contributed by atoms with E-state index < -0.39 is 0 Å². The number of benzene rings is 1. The lowest BCUT2D eigenvalue weighted by Crippen LogP contribution is -2.26. The predicted molar refractivity (Wildman–Crippen MR) is 72.1 cm³/mol. The lowest BCUT2D eigenvalue weighted by molar-refractivity contribution is 0.00737. The molecular formula is C14H19BrO2. The summed E-state index contributed by atoms with van der Waals surface area (Å²) in [5.41, 5.74) is 1.21. The van der Waals surface area contributed by atoms with Gasteiger partial charge in [-0.05, 0) is 12.0 Å². The SMILES string of the molecule is CC[C@H]1OC(Br)[C@@H](OCc2ccccc2)[C@@H]1C. The Bertz CT molecular complexity index is 341. The smallest absolute Gasteiger partial charge is 0.139 e. The number of hydrogen-bond donors (Lipinski definition) is 0. The summed E-state index contributed by atoms with van der Waals surface area (Å²) >= 11 is 3.55. The summed E-state index contributed by atoms with van der Waals surface area (Å²) in [6.45, 7) is 5.00. The monoisotopic (exact) mass is 298 g/mol. The molecule has 1 unspecified atom stereocenters. The summed E-state index contributed by atoms with van der Waals surface area (Å²) in [6.07, 6.45) is 1.48. The molecule has 94 valence electrons. The fourth-order valence-corrected chi connectivity index (χ4v) is 3.19. The van der Waals surface area contributed by atoms with Crippen molar-refractivity contribution in [3.8, 4) is 0 Å². The third-order valence-corrected chi connectivity index (χ3v) is 4.09. The third kappa shape index (κ3) is 3.09. The molecule has 1 heterocycles. The van der Waals surface area contributed by atoms with Gasteiger partial charge >= 0.3 is 0 Å². The van der Waals surface area contributed by atoms with Gasteiger partial charge in [0, 0.05) is 5.92 Å². The third-order valence-electron chi connectivity index (χ3n) is 3.36. The van der Waals surface area contributed by atoms with Crippen LogP contribution in [-0.4, -0.2) is 17.2 Å². The fraction of sp³-hybridized carbons (Fsp3) is 0.571. The van der Waals surface area contributed by atoms with Crippen LogP contribution in [0.15, 0.2) is 30.3 Å². The Morgan fingerprint density at radius 3 is 2.59 bits per heavy atom. The van der Waals surface area contributed by atoms with Crippen molar-refractivity contribution < 1.29 is 9.47 Å². The highest BCUT2D eigenvalue weighted by Gasteiger charge is 2.40. The molecule has 1 aliphatic rings. The molecular weight excluding hydrogens is 280 g/mol. The number of rotatable bonds is 4. The normalized spacial score (nSPS) is 32.9. The minimum atomic E-state index is 0.0196. The van der Waals surface area contributed by atoms with Crippen molar-refractivity contribution in [1.29, 1.82) is 0 Å². The average Bonchev–Trinajstić information content (AvgIpc) is 2.63. The molecule has 2 rings (SSSR count). The standard InChI is InChI=1S/C14H19BrO2/c1-3-12-10(2)13(14(15)17-12)16-9-11-7-5-4-6-8-11/h4-8,10,12-14H,3,9H2,1-2H3/t10-,12-,13+,14?/m1/s1. The van der Waals surface area contributed by atoms with E-state index in [2.05, 4.69) is 41.9 Å². The first-order valence-corrected chi connectivity index (χ1v) is 7.09. The summed E-state index contributed by atoms with van der Waals surface area (Å²) in [4.78, 5) is 0. The van der Waals surface area contributed by atoms with E-state index in [-0.39, 0.29) is 11.1 Å². The first-order valence-electron chi connectivity index (χ1n) is 6.17. The van der Waals surface area contributed by atoms with E-state index in [9.17, 15) is 0 Å². The number of hydrogen-bond acceptors (Lipinski definition) is 2. The molecule has 1 saturated heterocycles. The van der Waals surface area contributed by atoms with Crippen molar-refractivity contribution in [2.24, 2.45) is 5.92 Å². The van der Waals surface area contributed by atoms with Gasteiger partial charge in [0.2, 0.25) is 0 Å². The van der Waals surface area contributed by atoms with Gasteiger partial charge in [-0.25, -0.2) is 0 Å². The van der Waals surface area contributed by atoms with Crippen LogP contribution in [0.4, 0.5) is 0 Å². The van der Waals surface area contributed by atoms with Gasteiger partial charge in [0.05, 0.1) is 18.8 Å². The van der Waals surface area contributed by atoms with Crippen LogP contribution in [-0.2, 0) is 16.1 Å². The molecule has 0 N–H and O–H groups in total. The van der Waals surface area contributed by atoms with Gasteiger partial charge in [-0.15, -0.1) is 0 Å². The molecule has 17 heavy (non-hydrogen) atoms. The quantitative estimate of drug-likeness (QED) is 0.789. The molecule has 4 atom stereocenters. The Morgan fingerprint density at radius 1 is 1.29 bits per heavy atom. The number of halogens is 1. The Kier molecular flexibility index (Phi) is 4.60. The lowest BCUT2D eigenvalue weighted by atomic mass is 10.00. The summed E-state index contributed by atoms with van der Waals surface area (Å²) in [6, 6.07) is 10.3. The van der Waals surface area contributed by atoms with Crippen molar-refractivity contribution in [3.63, 3.8) is 0 Å². The number of ether oxygens (including phenoxy) is 2. The summed E-state index contributed by atoms with van der Waals surface area (Å²) in [5.74, 6) is 0.438. The Hall–Kier alpha value is -0.380. The van der Waals surface area contributed by atoms with Gasteiger partial charge in [0.15, 0.2) is 0 Å². The van der Waals surface area contributed by atoms with Gasteiger partial charge in [-0.3, -0.25) is 0 Å². The zero-order valence-corrected chi connectivity index (χ0v) is 11.9. The van der Waals surface area contributed by atoms with E-state index in [0.29, 0.717) is 18.6 Å². The lowest BCUT2D eigenvalue weighted by Gasteiger charge is -2.19. The second-order valence-electron chi connectivity index (χ2n) is 4.55. The van der Waals surface area contributed by atoms with Gasteiger partial charge < -0.3 is 9.47 Å². The zero-order chi connectivity index (χ0) is 12.3. The molecule has 1 aromatic carbocycles. The van der Waals surface area contributed by atoms with Crippen molar-refractivity contribution in [1.82, 2.24) is 0 Å². The van der Waals surface area contributed by atoms with Crippen LogP contribution in [0.3, 0.4) is 0 Å². The maximum atomic E-state index is 5.97. The first-order chi connectivity index (χ1) is 8.22. The largest absolute Gasteiger partial charge is 0.370 e. The van der Waals surface area contributed by atoms with Gasteiger partial charge in [0.25, 0.3) is 0 Å². The van der Waals surface area contributed by atoms with Crippen molar-refractivity contribution in [2.45, 2.75) is 44.1 Å². The Morgan fingerprint density at radius 2 is 2.00 bits per heavy atom. The van der Waals surface area contributed by atoms with Crippen LogP contribution < -0.4 is 0 Å². The molecule has 0 aliphatic carbocycles. The first kappa shape index (κ1) is 13.1. The Balaban J connectivity index is 1.91. The molecule has 0 saturated carbocycles. The average molecular weight is 299 g/mol. The van der Waals surface area contributed by atoms with Crippen molar-refractivity contribution in [2.75, 3.05) is 0 Å². The molecule has 0 amide bonds. The molecule has 1 aliphatic heterocycles. The number of alkyl halides is 1. The molecule has 0 aromatic heterocycles. The molecule has 0 bridgehead atoms. The molecule has 0 radical (unpaired) electrons. The fourth-order valence-electron chi connectivity index (χ4n) is 2.28. The summed E-state index contributed by atoms with van der Waals surface area (Å²) in [5, 5.41) is 0.0196. The van der Waals surface area contributed by atoms with E-state index in [1.165, 1.54) is 5.56 Å². The van der Waals surface area contributed by atoms with Crippen LogP contribution in [0.2, 0.25) is 0 Å². The minimum absolute atomic E-state index is 0.0196. The predicted octanol–water partition coefficient (Wildman–Crippen LogP) is 3.74. The van der Waals surface area contributed by atoms with Crippen LogP contribution >= 0.6 is 15.9 Å². The van der Waals surface area contributed by atoms with Gasteiger partial charge in [-0.1, -0.05) is 60.1 Å². The highest BCUT2D eigenvalue weighted by Crippen LogP contribution is 2.34. The molecule has 3 heteroatoms. The summed E-state index contributed by atoms with van der Waals surface area (Å²) in [7, 11) is 0. The highest BCUT2D eigenvalue weighted by molar-refractivity contribution is 9.09. The van der Waals surface area contributed by atoms with Gasteiger partial charge in [-0.2, -0.15) is 0 Å². The van der Waals surface area contributed by atoms with E-state index in [1.54, 1.807) is 0 Å². The summed E-state index contributed by atoms with van der Waals surface area (Å²) < 4.78 is 11.8. The zero-order valence-electron chi connectivity index (χ0n) is 10.3. The molecule has 1 aromatic rings. The highest BCUT2D eigenvalue weighted by atomic mass is 79.9. The molecule has 1 fully saturated rings. The van der Waals surface area contributed by atoms with E-state index >= 15 is 0 Å². The van der Waals surface area contributed by atoms with E-state index in [4.69, 9.17) is 9.47 Å². The van der Waals surface area contributed by atoms with Crippen LogP contribution in [0.5, 0.6) is 0 Å². The van der Waals surface area contributed by atoms with Crippen LogP contribution in [0.25, 0.3) is 0 Å². The van der Waals surface area contributed by atoms with Gasteiger partial charge in [0.1, 0.15) is 5.01 Å². The van der Waals surface area contributed by atoms with Crippen molar-refractivity contribution >= 4 is 15.9 Å². The maximum absolute atomic E-state index is 5.97. The second-order valence-corrected chi connectivity index (χ2v) is 5.46.